The molecule has 0 saturated heterocycles. The van der Waals surface area contributed by atoms with Crippen LogP contribution < -0.4 is 0 Å². The van der Waals surface area contributed by atoms with Crippen LogP contribution in [0.1, 0.15) is 39.6 Å². The van der Waals surface area contributed by atoms with Crippen molar-refractivity contribution in [2.45, 2.75) is 25.2 Å². The van der Waals surface area contributed by atoms with Crippen molar-refractivity contribution in [1.29, 1.82) is 0 Å². The minimum absolute atomic E-state index is 0.291. The van der Waals surface area contributed by atoms with E-state index in [4.69, 9.17) is 4.74 Å². The molecule has 4 rings (SSSR count). The summed E-state index contributed by atoms with van der Waals surface area (Å²) in [5, 5.41) is 0. The van der Waals surface area contributed by atoms with Gasteiger partial charge in [-0.2, -0.15) is 0 Å². The first-order valence-corrected chi connectivity index (χ1v) is 8.69. The largest absolute Gasteiger partial charge is 0.464 e. The van der Waals surface area contributed by atoms with Crippen molar-refractivity contribution in [3.63, 3.8) is 0 Å². The summed E-state index contributed by atoms with van der Waals surface area (Å²) >= 11 is 0. The number of nitrogens with one attached hydrogen (secondary N) is 1. The zero-order valence-corrected chi connectivity index (χ0v) is 14.3. The van der Waals surface area contributed by atoms with E-state index in [9.17, 15) is 4.79 Å². The number of hydrogen-bond donors (Lipinski definition) is 1. The summed E-state index contributed by atoms with van der Waals surface area (Å²) in [5.74, 6) is 0.174. The maximum atomic E-state index is 11.7. The van der Waals surface area contributed by atoms with Crippen molar-refractivity contribution < 1.29 is 9.53 Å². The van der Waals surface area contributed by atoms with E-state index in [1.165, 1.54) is 35.1 Å². The van der Waals surface area contributed by atoms with E-state index >= 15 is 0 Å². The number of aromatic nitrogens is 1. The maximum Gasteiger partial charge on any atom is 0.354 e. The second-order valence-corrected chi connectivity index (χ2v) is 6.61. The maximum absolute atomic E-state index is 11.7. The Bertz CT molecular complexity index is 878. The summed E-state index contributed by atoms with van der Waals surface area (Å²) in [6.07, 6.45) is 3.13. The number of aryl methyl sites for hydroxylation is 1. The molecule has 1 aliphatic rings. The molecule has 0 bridgehead atoms. The van der Waals surface area contributed by atoms with E-state index < -0.39 is 0 Å². The van der Waals surface area contributed by atoms with Gasteiger partial charge in [0.2, 0.25) is 0 Å². The molecule has 3 nitrogen and oxygen atoms in total. The fourth-order valence-electron chi connectivity index (χ4n) is 3.74. The highest BCUT2D eigenvalue weighted by Crippen LogP contribution is 2.36. The number of benzene rings is 2. The Morgan fingerprint density at radius 3 is 2.52 bits per heavy atom. The molecule has 25 heavy (non-hydrogen) atoms. The molecule has 126 valence electrons. The predicted molar refractivity (Wildman–Crippen MR) is 98.8 cm³/mol. The van der Waals surface area contributed by atoms with Crippen LogP contribution in [0, 0.1) is 0 Å². The molecule has 1 aliphatic carbocycles. The van der Waals surface area contributed by atoms with Gasteiger partial charge in [0.1, 0.15) is 5.69 Å². The molecule has 1 heterocycles. The first-order valence-electron chi connectivity index (χ1n) is 8.69. The van der Waals surface area contributed by atoms with E-state index in [1.807, 2.05) is 12.1 Å². The van der Waals surface area contributed by atoms with Crippen LogP contribution in [0.4, 0.5) is 0 Å². The van der Waals surface area contributed by atoms with Crippen molar-refractivity contribution in [2.24, 2.45) is 0 Å². The van der Waals surface area contributed by atoms with Gasteiger partial charge in [0.05, 0.1) is 7.11 Å². The number of methoxy groups -OCH3 is 1. The molecular weight excluding hydrogens is 310 g/mol. The second kappa shape index (κ2) is 6.60. The number of carbonyl (C=O) groups is 1. The highest BCUT2D eigenvalue weighted by atomic mass is 16.5. The molecule has 1 N–H and O–H groups in total. The molecule has 1 atom stereocenters. The van der Waals surface area contributed by atoms with Crippen molar-refractivity contribution in [2.75, 3.05) is 7.11 Å². The number of rotatable bonds is 4. The highest BCUT2D eigenvalue weighted by molar-refractivity contribution is 5.88. The molecule has 1 aromatic heterocycles. The number of esters is 1. The second-order valence-electron chi connectivity index (χ2n) is 6.61. The molecule has 0 spiro atoms. The van der Waals surface area contributed by atoms with Gasteiger partial charge >= 0.3 is 5.97 Å². The van der Waals surface area contributed by atoms with Crippen molar-refractivity contribution in [1.82, 2.24) is 4.98 Å². The number of fused-ring (bicyclic) bond motifs is 1. The van der Waals surface area contributed by atoms with Gasteiger partial charge in [0.25, 0.3) is 0 Å². The molecule has 3 aromatic rings. The van der Waals surface area contributed by atoms with E-state index in [1.54, 1.807) is 0 Å². The average molecular weight is 331 g/mol. The quantitative estimate of drug-likeness (QED) is 0.702. The standard InChI is InChI=1S/C22H21NO2/c1-25-22(24)21-14-19-18(11-12-20(19)23-21)13-15-7-9-17(10-8-15)16-5-3-2-4-6-16/h2-10,14,18,23H,11-13H2,1H3. The van der Waals surface area contributed by atoms with Crippen LogP contribution in [0.25, 0.3) is 11.1 Å². The van der Waals surface area contributed by atoms with Crippen molar-refractivity contribution >= 4 is 5.97 Å². The van der Waals surface area contributed by atoms with E-state index in [0.717, 1.165) is 19.3 Å². The van der Waals surface area contributed by atoms with Gasteiger partial charge in [-0.3, -0.25) is 0 Å². The first-order chi connectivity index (χ1) is 12.2. The molecule has 0 saturated carbocycles. The third-order valence-electron chi connectivity index (χ3n) is 5.06. The fraction of sp³-hybridized carbons (Fsp3) is 0.227. The van der Waals surface area contributed by atoms with Crippen molar-refractivity contribution in [3.05, 3.63) is 83.2 Å². The van der Waals surface area contributed by atoms with Gasteiger partial charge in [0.15, 0.2) is 0 Å². The Hall–Kier alpha value is -2.81. The Balaban J connectivity index is 1.51. The number of aromatic amines is 1. The lowest BCUT2D eigenvalue weighted by molar-refractivity contribution is 0.0594. The van der Waals surface area contributed by atoms with Crippen LogP contribution >= 0.6 is 0 Å². The van der Waals surface area contributed by atoms with Crippen LogP contribution in [0.3, 0.4) is 0 Å². The van der Waals surface area contributed by atoms with Gasteiger partial charge in [-0.15, -0.1) is 0 Å². The number of H-pyrrole nitrogens is 1. The SMILES string of the molecule is COC(=O)c1cc2c([nH]1)CCC2Cc1ccc(-c2ccccc2)cc1. The van der Waals surface area contributed by atoms with Crippen molar-refractivity contribution in [3.8, 4) is 11.1 Å². The topological polar surface area (TPSA) is 42.1 Å². The summed E-state index contributed by atoms with van der Waals surface area (Å²) in [6, 6.07) is 21.2. The lowest BCUT2D eigenvalue weighted by atomic mass is 9.93. The minimum Gasteiger partial charge on any atom is -0.464 e. The third kappa shape index (κ3) is 3.10. The van der Waals surface area contributed by atoms with E-state index in [0.29, 0.717) is 11.6 Å². The Kier molecular flexibility index (Phi) is 4.14. The molecule has 3 heteroatoms. The number of ether oxygens (including phenoxy) is 1. The molecule has 1 unspecified atom stereocenters. The first kappa shape index (κ1) is 15.7. The van der Waals surface area contributed by atoms with E-state index in [2.05, 4.69) is 53.5 Å². The van der Waals surface area contributed by atoms with Crippen LogP contribution in [-0.4, -0.2) is 18.1 Å². The van der Waals surface area contributed by atoms with E-state index in [-0.39, 0.29) is 5.97 Å². The van der Waals surface area contributed by atoms with Crippen LogP contribution in [0.15, 0.2) is 60.7 Å². The van der Waals surface area contributed by atoms with Gasteiger partial charge in [-0.1, -0.05) is 54.6 Å². The van der Waals surface area contributed by atoms with Crippen LogP contribution in [0.2, 0.25) is 0 Å². The Morgan fingerprint density at radius 2 is 1.80 bits per heavy atom. The lowest BCUT2D eigenvalue weighted by Gasteiger charge is -2.11. The minimum atomic E-state index is -0.291. The molecule has 2 aromatic carbocycles. The average Bonchev–Trinajstić information content (AvgIpc) is 3.24. The van der Waals surface area contributed by atoms with Gasteiger partial charge in [0, 0.05) is 5.69 Å². The third-order valence-corrected chi connectivity index (χ3v) is 5.06. The predicted octanol–water partition coefficient (Wildman–Crippen LogP) is 4.74. The number of carbonyl (C=O) groups excluding carboxylic acids is 1. The molecule has 0 radical (unpaired) electrons. The van der Waals surface area contributed by atoms with Gasteiger partial charge in [-0.05, 0) is 53.5 Å². The fourth-order valence-corrected chi connectivity index (χ4v) is 3.74. The zero-order valence-electron chi connectivity index (χ0n) is 14.3. The van der Waals surface area contributed by atoms with Gasteiger partial charge in [-0.25, -0.2) is 4.79 Å². The summed E-state index contributed by atoms with van der Waals surface area (Å²) in [4.78, 5) is 14.9. The summed E-state index contributed by atoms with van der Waals surface area (Å²) in [5.41, 5.74) is 6.84. The molecule has 0 amide bonds. The smallest absolute Gasteiger partial charge is 0.354 e. The molecule has 0 aliphatic heterocycles. The zero-order chi connectivity index (χ0) is 17.2. The molecule has 0 fully saturated rings. The lowest BCUT2D eigenvalue weighted by Crippen LogP contribution is -2.02. The monoisotopic (exact) mass is 331 g/mol. The number of hydrogen-bond acceptors (Lipinski definition) is 2. The summed E-state index contributed by atoms with van der Waals surface area (Å²) < 4.78 is 4.81. The van der Waals surface area contributed by atoms with Gasteiger partial charge < -0.3 is 9.72 Å². The summed E-state index contributed by atoms with van der Waals surface area (Å²) in [7, 11) is 1.42. The summed E-state index contributed by atoms with van der Waals surface area (Å²) in [6.45, 7) is 0. The Morgan fingerprint density at radius 1 is 1.08 bits per heavy atom. The Labute approximate surface area is 147 Å². The van der Waals surface area contributed by atoms with Crippen LogP contribution in [-0.2, 0) is 17.6 Å². The molecular formula is C22H21NO2. The normalized spacial score (nSPS) is 15.8. The van der Waals surface area contributed by atoms with Crippen LogP contribution in [0.5, 0.6) is 0 Å². The highest BCUT2D eigenvalue weighted by Gasteiger charge is 2.26.